The van der Waals surface area contributed by atoms with Gasteiger partial charge in [-0.2, -0.15) is 13.2 Å². The number of alkyl halides is 3. The first-order valence-electron chi connectivity index (χ1n) is 6.56. The summed E-state index contributed by atoms with van der Waals surface area (Å²) in [5, 5.41) is 0.282. The van der Waals surface area contributed by atoms with Crippen LogP contribution in [0, 0.1) is 6.92 Å². The van der Waals surface area contributed by atoms with Crippen LogP contribution >= 0.6 is 0 Å². The summed E-state index contributed by atoms with van der Waals surface area (Å²) < 4.78 is 44.4. The molecule has 1 aromatic carbocycles. The minimum atomic E-state index is -4.47. The standard InChI is InChI=1S/C15H14F3NO3/c1-4-22-14(21)13(20)12-8(2)10-7-9(15(16,17)18)5-6-11(10)19(12)3/h5-7H,4H2,1-3H3. The van der Waals surface area contributed by atoms with Gasteiger partial charge in [0.2, 0.25) is 0 Å². The highest BCUT2D eigenvalue weighted by molar-refractivity contribution is 6.41. The van der Waals surface area contributed by atoms with Gasteiger partial charge in [0.05, 0.1) is 12.2 Å². The SMILES string of the molecule is CCOC(=O)C(=O)c1c(C)c2cc(C(F)(F)F)ccc2n1C. The lowest BCUT2D eigenvalue weighted by molar-refractivity contribution is -0.138. The number of ether oxygens (including phenoxy) is 1. The first kappa shape index (κ1) is 16.1. The number of Topliss-reactive ketones (excluding diaryl/α,β-unsaturated/α-hetero) is 1. The number of rotatable bonds is 3. The maximum atomic E-state index is 12.8. The van der Waals surface area contributed by atoms with Gasteiger partial charge in [0.25, 0.3) is 5.78 Å². The number of carbonyl (C=O) groups excluding carboxylic acids is 2. The van der Waals surface area contributed by atoms with Crippen molar-refractivity contribution in [3.05, 3.63) is 35.0 Å². The van der Waals surface area contributed by atoms with Crippen molar-refractivity contribution in [3.8, 4) is 0 Å². The van der Waals surface area contributed by atoms with E-state index in [1.165, 1.54) is 24.6 Å². The number of esters is 1. The summed E-state index contributed by atoms with van der Waals surface area (Å²) in [4.78, 5) is 23.7. The fourth-order valence-corrected chi connectivity index (χ4v) is 2.42. The number of fused-ring (bicyclic) bond motifs is 1. The van der Waals surface area contributed by atoms with Crippen LogP contribution in [-0.4, -0.2) is 22.9 Å². The Morgan fingerprint density at radius 3 is 2.45 bits per heavy atom. The second-order valence-corrected chi connectivity index (χ2v) is 4.81. The molecule has 0 amide bonds. The average Bonchev–Trinajstić information content (AvgIpc) is 2.69. The van der Waals surface area contributed by atoms with Crippen molar-refractivity contribution >= 4 is 22.7 Å². The minimum Gasteiger partial charge on any atom is -0.460 e. The minimum absolute atomic E-state index is 0.0350. The van der Waals surface area contributed by atoms with Gasteiger partial charge in [-0.05, 0) is 37.6 Å². The molecule has 0 spiro atoms. The summed E-state index contributed by atoms with van der Waals surface area (Å²) in [5.74, 6) is -1.89. The third kappa shape index (κ3) is 2.58. The lowest BCUT2D eigenvalue weighted by atomic mass is 10.1. The van der Waals surface area contributed by atoms with E-state index in [1.807, 2.05) is 0 Å². The van der Waals surface area contributed by atoms with E-state index in [9.17, 15) is 22.8 Å². The maximum Gasteiger partial charge on any atom is 0.416 e. The van der Waals surface area contributed by atoms with Crippen LogP contribution in [0.3, 0.4) is 0 Å². The van der Waals surface area contributed by atoms with E-state index in [-0.39, 0.29) is 17.7 Å². The number of hydrogen-bond acceptors (Lipinski definition) is 3. The maximum absolute atomic E-state index is 12.8. The zero-order valence-electron chi connectivity index (χ0n) is 12.2. The molecule has 1 aromatic heterocycles. The molecule has 1 heterocycles. The summed E-state index contributed by atoms with van der Waals surface area (Å²) in [7, 11) is 1.52. The van der Waals surface area contributed by atoms with Crippen LogP contribution < -0.4 is 0 Å². The average molecular weight is 313 g/mol. The summed E-state index contributed by atoms with van der Waals surface area (Å²) in [6.45, 7) is 3.12. The molecule has 0 radical (unpaired) electrons. The molecule has 2 aromatic rings. The summed E-state index contributed by atoms with van der Waals surface area (Å²) in [6, 6.07) is 3.21. The molecule has 2 rings (SSSR count). The van der Waals surface area contributed by atoms with Gasteiger partial charge in [0, 0.05) is 18.0 Å². The molecule has 0 saturated heterocycles. The Bertz CT molecular complexity index is 759. The smallest absolute Gasteiger partial charge is 0.416 e. The zero-order chi connectivity index (χ0) is 16.7. The van der Waals surface area contributed by atoms with Crippen LogP contribution in [-0.2, 0) is 22.8 Å². The van der Waals surface area contributed by atoms with Crippen molar-refractivity contribution in [3.63, 3.8) is 0 Å². The molecule has 0 unspecified atom stereocenters. The van der Waals surface area contributed by atoms with Crippen LogP contribution in [0.25, 0.3) is 10.9 Å². The van der Waals surface area contributed by atoms with Crippen molar-refractivity contribution in [1.29, 1.82) is 0 Å². The Kier molecular flexibility index (Phi) is 4.00. The number of nitrogens with zero attached hydrogens (tertiary/aromatic N) is 1. The first-order valence-corrected chi connectivity index (χ1v) is 6.56. The molecule has 4 nitrogen and oxygen atoms in total. The van der Waals surface area contributed by atoms with Crippen LogP contribution in [0.2, 0.25) is 0 Å². The van der Waals surface area contributed by atoms with Gasteiger partial charge in [0.15, 0.2) is 0 Å². The van der Waals surface area contributed by atoms with Gasteiger partial charge in [-0.15, -0.1) is 0 Å². The van der Waals surface area contributed by atoms with E-state index in [0.29, 0.717) is 11.1 Å². The highest BCUT2D eigenvalue weighted by atomic mass is 19.4. The first-order chi connectivity index (χ1) is 10.2. The molecule has 118 valence electrons. The number of hydrogen-bond donors (Lipinski definition) is 0. The third-order valence-electron chi connectivity index (χ3n) is 3.46. The van der Waals surface area contributed by atoms with Crippen molar-refractivity contribution < 1.29 is 27.5 Å². The Morgan fingerprint density at radius 1 is 1.27 bits per heavy atom. The van der Waals surface area contributed by atoms with Gasteiger partial charge in [-0.3, -0.25) is 4.79 Å². The van der Waals surface area contributed by atoms with E-state index in [1.54, 1.807) is 6.92 Å². The Labute approximate surface area is 124 Å². The second-order valence-electron chi connectivity index (χ2n) is 4.81. The van der Waals surface area contributed by atoms with Gasteiger partial charge >= 0.3 is 12.1 Å². The summed E-state index contributed by atoms with van der Waals surface area (Å²) >= 11 is 0. The van der Waals surface area contributed by atoms with Crippen LogP contribution in [0.1, 0.15) is 28.5 Å². The molecule has 0 atom stereocenters. The molecule has 0 bridgehead atoms. The van der Waals surface area contributed by atoms with Crippen LogP contribution in [0.15, 0.2) is 18.2 Å². The van der Waals surface area contributed by atoms with E-state index in [0.717, 1.165) is 12.1 Å². The Morgan fingerprint density at radius 2 is 1.91 bits per heavy atom. The molecule has 0 N–H and O–H groups in total. The normalized spacial score (nSPS) is 11.7. The number of carbonyl (C=O) groups is 2. The molecule has 0 aliphatic carbocycles. The summed E-state index contributed by atoms with van der Waals surface area (Å²) in [6.07, 6.45) is -4.47. The van der Waals surface area contributed by atoms with E-state index < -0.39 is 23.5 Å². The van der Waals surface area contributed by atoms with Gasteiger partial charge in [0.1, 0.15) is 5.69 Å². The van der Waals surface area contributed by atoms with E-state index >= 15 is 0 Å². The molecule has 0 aliphatic heterocycles. The number of aromatic nitrogens is 1. The van der Waals surface area contributed by atoms with Crippen LogP contribution in [0.5, 0.6) is 0 Å². The summed E-state index contributed by atoms with van der Waals surface area (Å²) in [5.41, 5.74) is -0.00332. The quantitative estimate of drug-likeness (QED) is 0.496. The predicted octanol–water partition coefficient (Wildman–Crippen LogP) is 3.25. The van der Waals surface area contributed by atoms with Crippen molar-refractivity contribution in [2.24, 2.45) is 7.05 Å². The number of aryl methyl sites for hydroxylation is 2. The van der Waals surface area contributed by atoms with E-state index in [4.69, 9.17) is 0 Å². The number of halogens is 3. The Balaban J connectivity index is 2.63. The number of benzene rings is 1. The van der Waals surface area contributed by atoms with Crippen LogP contribution in [0.4, 0.5) is 13.2 Å². The predicted molar refractivity (Wildman–Crippen MR) is 73.6 cm³/mol. The van der Waals surface area contributed by atoms with Gasteiger partial charge in [-0.1, -0.05) is 0 Å². The largest absolute Gasteiger partial charge is 0.460 e. The molecule has 22 heavy (non-hydrogen) atoms. The van der Waals surface area contributed by atoms with Gasteiger partial charge in [-0.25, -0.2) is 4.79 Å². The lowest BCUT2D eigenvalue weighted by Gasteiger charge is -2.06. The molecule has 0 fully saturated rings. The van der Waals surface area contributed by atoms with E-state index in [2.05, 4.69) is 4.74 Å². The topological polar surface area (TPSA) is 48.3 Å². The zero-order valence-corrected chi connectivity index (χ0v) is 12.2. The van der Waals surface area contributed by atoms with Crippen molar-refractivity contribution in [1.82, 2.24) is 4.57 Å². The molecule has 0 saturated carbocycles. The molecule has 0 aliphatic rings. The number of ketones is 1. The van der Waals surface area contributed by atoms with Gasteiger partial charge < -0.3 is 9.30 Å². The second kappa shape index (κ2) is 5.47. The lowest BCUT2D eigenvalue weighted by Crippen LogP contribution is -2.20. The molecular formula is C15H14F3NO3. The van der Waals surface area contributed by atoms with Crippen molar-refractivity contribution in [2.45, 2.75) is 20.0 Å². The monoisotopic (exact) mass is 313 g/mol. The third-order valence-corrected chi connectivity index (χ3v) is 3.46. The van der Waals surface area contributed by atoms with Crippen molar-refractivity contribution in [2.75, 3.05) is 6.61 Å². The molecular weight excluding hydrogens is 299 g/mol. The highest BCUT2D eigenvalue weighted by Gasteiger charge is 2.32. The fourth-order valence-electron chi connectivity index (χ4n) is 2.42. The fraction of sp³-hybridized carbons (Fsp3) is 0.333. The highest BCUT2D eigenvalue weighted by Crippen LogP contribution is 2.34. The Hall–Kier alpha value is -2.31. The molecule has 7 heteroatoms.